The fraction of sp³-hybridized carbons (Fsp3) is 0.640. The maximum Gasteiger partial charge on any atom is 0.242 e. The predicted molar refractivity (Wildman–Crippen MR) is 125 cm³/mol. The molecule has 2 fully saturated rings. The molecular formula is C25H35N5O2. The lowest BCUT2D eigenvalue weighted by Crippen LogP contribution is -2.52. The van der Waals surface area contributed by atoms with Gasteiger partial charge >= 0.3 is 0 Å². The molecule has 172 valence electrons. The minimum Gasteiger partial charge on any atom is -0.333 e. The van der Waals surface area contributed by atoms with E-state index in [0.717, 1.165) is 29.1 Å². The Kier molecular flexibility index (Phi) is 5.93. The third kappa shape index (κ3) is 4.27. The molecule has 2 unspecified atom stereocenters. The Balaban J connectivity index is 1.31. The predicted octanol–water partition coefficient (Wildman–Crippen LogP) is 3.63. The van der Waals surface area contributed by atoms with Crippen LogP contribution in [-0.2, 0) is 22.7 Å². The van der Waals surface area contributed by atoms with E-state index in [9.17, 15) is 9.59 Å². The Hall–Kier alpha value is -2.41. The van der Waals surface area contributed by atoms with Crippen LogP contribution in [0.25, 0.3) is 11.0 Å². The van der Waals surface area contributed by atoms with Crippen molar-refractivity contribution in [2.75, 3.05) is 25.0 Å². The molecule has 5 rings (SSSR count). The molecule has 1 aromatic carbocycles. The van der Waals surface area contributed by atoms with Crippen LogP contribution in [0, 0.1) is 11.8 Å². The van der Waals surface area contributed by atoms with Gasteiger partial charge in [0.15, 0.2) is 0 Å². The topological polar surface area (TPSA) is 70.5 Å². The number of nitrogens with one attached hydrogen (secondary N) is 1. The van der Waals surface area contributed by atoms with Gasteiger partial charge in [-0.25, -0.2) is 4.98 Å². The lowest BCUT2D eigenvalue weighted by Gasteiger charge is -2.46. The zero-order valence-electron chi connectivity index (χ0n) is 19.3. The van der Waals surface area contributed by atoms with Crippen molar-refractivity contribution in [1.29, 1.82) is 0 Å². The van der Waals surface area contributed by atoms with E-state index in [1.165, 1.54) is 45.2 Å². The first-order chi connectivity index (χ1) is 15.5. The van der Waals surface area contributed by atoms with E-state index in [4.69, 9.17) is 4.98 Å². The molecule has 32 heavy (non-hydrogen) atoms. The SMILES string of the molecule is CC(C)CC(=O)Nc1ccc2c(c1)nc1n2CC(=O)N(CC2CCCN3CCCCC23)C1. The van der Waals surface area contributed by atoms with Crippen LogP contribution in [0.1, 0.15) is 58.2 Å². The molecule has 0 saturated carbocycles. The fourth-order valence-electron chi connectivity index (χ4n) is 5.87. The van der Waals surface area contributed by atoms with Crippen molar-refractivity contribution < 1.29 is 9.59 Å². The van der Waals surface area contributed by atoms with Crippen molar-refractivity contribution in [3.05, 3.63) is 24.0 Å². The molecule has 2 atom stereocenters. The van der Waals surface area contributed by atoms with Crippen LogP contribution < -0.4 is 5.32 Å². The largest absolute Gasteiger partial charge is 0.333 e. The van der Waals surface area contributed by atoms with E-state index < -0.39 is 0 Å². The van der Waals surface area contributed by atoms with E-state index in [1.54, 1.807) is 0 Å². The average molecular weight is 438 g/mol. The molecule has 4 heterocycles. The van der Waals surface area contributed by atoms with Gasteiger partial charge in [-0.3, -0.25) is 9.59 Å². The second-order valence-electron chi connectivity index (χ2n) is 10.2. The second kappa shape index (κ2) is 8.85. The zero-order valence-corrected chi connectivity index (χ0v) is 19.3. The van der Waals surface area contributed by atoms with E-state index >= 15 is 0 Å². The number of benzene rings is 1. The molecule has 2 amide bonds. The highest BCUT2D eigenvalue weighted by Crippen LogP contribution is 2.32. The fourth-order valence-corrected chi connectivity index (χ4v) is 5.87. The summed E-state index contributed by atoms with van der Waals surface area (Å²) < 4.78 is 2.04. The highest BCUT2D eigenvalue weighted by atomic mass is 16.2. The summed E-state index contributed by atoms with van der Waals surface area (Å²) in [5, 5.41) is 2.97. The number of carbonyl (C=O) groups is 2. The summed E-state index contributed by atoms with van der Waals surface area (Å²) in [7, 11) is 0. The van der Waals surface area contributed by atoms with Crippen LogP contribution in [0.5, 0.6) is 0 Å². The van der Waals surface area contributed by atoms with Crippen LogP contribution in [0.15, 0.2) is 18.2 Å². The van der Waals surface area contributed by atoms with Gasteiger partial charge in [-0.1, -0.05) is 20.3 Å². The Labute approximate surface area is 190 Å². The van der Waals surface area contributed by atoms with Gasteiger partial charge in [-0.2, -0.15) is 0 Å². The number of nitrogens with zero attached hydrogens (tertiary/aromatic N) is 4. The number of anilines is 1. The minimum atomic E-state index is 0.0221. The van der Waals surface area contributed by atoms with Crippen LogP contribution >= 0.6 is 0 Å². The highest BCUT2D eigenvalue weighted by molar-refractivity contribution is 5.93. The van der Waals surface area contributed by atoms with Gasteiger partial charge in [-0.05, 0) is 68.8 Å². The zero-order chi connectivity index (χ0) is 22.2. The van der Waals surface area contributed by atoms with Crippen LogP contribution in [0.4, 0.5) is 5.69 Å². The molecule has 2 saturated heterocycles. The molecule has 3 aliphatic rings. The van der Waals surface area contributed by atoms with E-state index in [2.05, 4.69) is 10.2 Å². The monoisotopic (exact) mass is 437 g/mol. The number of carbonyl (C=O) groups excluding carboxylic acids is 2. The maximum absolute atomic E-state index is 13.1. The third-order valence-corrected chi connectivity index (χ3v) is 7.37. The number of piperidine rings is 2. The summed E-state index contributed by atoms with van der Waals surface area (Å²) >= 11 is 0. The van der Waals surface area contributed by atoms with Crippen molar-refractivity contribution in [2.45, 2.75) is 71.5 Å². The molecule has 0 radical (unpaired) electrons. The molecule has 7 heteroatoms. The van der Waals surface area contributed by atoms with Crippen molar-refractivity contribution in [3.8, 4) is 0 Å². The van der Waals surface area contributed by atoms with Crippen LogP contribution in [0.3, 0.4) is 0 Å². The Bertz CT molecular complexity index is 1010. The number of imidazole rings is 1. The van der Waals surface area contributed by atoms with Crippen molar-refractivity contribution in [3.63, 3.8) is 0 Å². The van der Waals surface area contributed by atoms with Gasteiger partial charge < -0.3 is 19.7 Å². The number of rotatable bonds is 5. The van der Waals surface area contributed by atoms with Gasteiger partial charge in [-0.15, -0.1) is 0 Å². The molecule has 0 aliphatic carbocycles. The van der Waals surface area contributed by atoms with Crippen molar-refractivity contribution in [2.24, 2.45) is 11.8 Å². The third-order valence-electron chi connectivity index (χ3n) is 7.37. The molecule has 1 aromatic heterocycles. The quantitative estimate of drug-likeness (QED) is 0.776. The van der Waals surface area contributed by atoms with Crippen LogP contribution in [0.2, 0.25) is 0 Å². The minimum absolute atomic E-state index is 0.0221. The Morgan fingerprint density at radius 2 is 2.00 bits per heavy atom. The number of fused-ring (bicyclic) bond motifs is 4. The van der Waals surface area contributed by atoms with Gasteiger partial charge in [0.05, 0.1) is 17.6 Å². The first kappa shape index (κ1) is 21.4. The molecule has 7 nitrogen and oxygen atoms in total. The summed E-state index contributed by atoms with van der Waals surface area (Å²) in [4.78, 5) is 34.7. The molecule has 3 aliphatic heterocycles. The highest BCUT2D eigenvalue weighted by Gasteiger charge is 2.36. The Morgan fingerprint density at radius 3 is 2.84 bits per heavy atom. The summed E-state index contributed by atoms with van der Waals surface area (Å²) in [6.07, 6.45) is 6.87. The number of amides is 2. The van der Waals surface area contributed by atoms with E-state index in [0.29, 0.717) is 37.4 Å². The normalized spacial score (nSPS) is 24.0. The van der Waals surface area contributed by atoms with Gasteiger partial charge in [0.25, 0.3) is 0 Å². The van der Waals surface area contributed by atoms with Crippen molar-refractivity contribution >= 4 is 28.5 Å². The first-order valence-corrected chi connectivity index (χ1v) is 12.3. The smallest absolute Gasteiger partial charge is 0.242 e. The van der Waals surface area contributed by atoms with E-state index in [1.807, 2.05) is 41.5 Å². The standard InChI is InChI=1S/C25H35N5O2/c1-17(2)12-24(31)26-19-8-9-22-20(13-19)27-23-15-29(25(32)16-30(22)23)14-18-6-5-11-28-10-4-3-7-21(18)28/h8-9,13,17-18,21H,3-7,10-12,14-16H2,1-2H3,(H,26,31). The second-order valence-corrected chi connectivity index (χ2v) is 10.2. The lowest BCUT2D eigenvalue weighted by atomic mass is 9.83. The first-order valence-electron chi connectivity index (χ1n) is 12.3. The maximum atomic E-state index is 13.1. The molecule has 2 aromatic rings. The molecule has 1 N–H and O–H groups in total. The van der Waals surface area contributed by atoms with Gasteiger partial charge in [0, 0.05) is 24.7 Å². The average Bonchev–Trinajstić information content (AvgIpc) is 3.10. The molecule has 0 bridgehead atoms. The number of aromatic nitrogens is 2. The summed E-state index contributed by atoms with van der Waals surface area (Å²) in [6, 6.07) is 6.45. The van der Waals surface area contributed by atoms with Gasteiger partial charge in [0.1, 0.15) is 12.4 Å². The summed E-state index contributed by atoms with van der Waals surface area (Å²) in [5.74, 6) is 2.06. The van der Waals surface area contributed by atoms with Gasteiger partial charge in [0.2, 0.25) is 11.8 Å². The molecule has 0 spiro atoms. The molecular weight excluding hydrogens is 402 g/mol. The summed E-state index contributed by atoms with van der Waals surface area (Å²) in [6.45, 7) is 8.29. The number of hydrogen-bond donors (Lipinski definition) is 1. The Morgan fingerprint density at radius 1 is 1.16 bits per heavy atom. The lowest BCUT2D eigenvalue weighted by molar-refractivity contribution is -0.135. The number of hydrogen-bond acceptors (Lipinski definition) is 4. The van der Waals surface area contributed by atoms with Crippen molar-refractivity contribution in [1.82, 2.24) is 19.4 Å². The summed E-state index contributed by atoms with van der Waals surface area (Å²) in [5.41, 5.74) is 2.57. The van der Waals surface area contributed by atoms with E-state index in [-0.39, 0.29) is 11.8 Å². The van der Waals surface area contributed by atoms with Crippen LogP contribution in [-0.4, -0.2) is 56.8 Å².